The third-order valence-electron chi connectivity index (χ3n) is 8.49. The molecule has 0 aliphatic heterocycles. The van der Waals surface area contributed by atoms with Crippen LogP contribution < -0.4 is 15.6 Å². The summed E-state index contributed by atoms with van der Waals surface area (Å²) in [5, 5.41) is 4.53. The van der Waals surface area contributed by atoms with Crippen molar-refractivity contribution >= 4 is 16.9 Å². The number of rotatable bonds is 11. The van der Waals surface area contributed by atoms with Gasteiger partial charge < -0.3 is 14.5 Å². The van der Waals surface area contributed by atoms with Crippen LogP contribution >= 0.6 is 0 Å². The van der Waals surface area contributed by atoms with E-state index < -0.39 is 6.23 Å². The molecule has 0 radical (unpaired) electrons. The van der Waals surface area contributed by atoms with Crippen LogP contribution in [0, 0.1) is 0 Å². The zero-order chi connectivity index (χ0) is 30.5. The molecule has 6 nitrogen and oxygen atoms in total. The van der Waals surface area contributed by atoms with E-state index in [4.69, 9.17) is 9.47 Å². The van der Waals surface area contributed by atoms with E-state index in [1.165, 1.54) is 28.3 Å². The number of carbonyl (C=O) groups excluding carboxylic acids is 1. The number of carbonyl (C=O) groups is 1. The van der Waals surface area contributed by atoms with Crippen molar-refractivity contribution in [2.45, 2.75) is 64.8 Å². The molecule has 0 spiro atoms. The lowest BCUT2D eigenvalue weighted by Gasteiger charge is -2.24. The van der Waals surface area contributed by atoms with Gasteiger partial charge >= 0.3 is 5.97 Å². The molecule has 0 fully saturated rings. The van der Waals surface area contributed by atoms with Crippen molar-refractivity contribution in [3.8, 4) is 5.75 Å². The Labute approximate surface area is 258 Å². The van der Waals surface area contributed by atoms with Crippen molar-refractivity contribution in [2.24, 2.45) is 0 Å². The van der Waals surface area contributed by atoms with Crippen LogP contribution in [0.15, 0.2) is 102 Å². The number of aryl methyl sites for hydroxylation is 2. The maximum atomic E-state index is 13.3. The molecule has 0 unspecified atom stereocenters. The van der Waals surface area contributed by atoms with Gasteiger partial charge in [-0.05, 0) is 83.3 Å². The number of fused-ring (bicyclic) bond motifs is 2. The van der Waals surface area contributed by atoms with Crippen LogP contribution in [0.4, 0.5) is 0 Å². The largest absolute Gasteiger partial charge is 0.487 e. The zero-order valence-corrected chi connectivity index (χ0v) is 25.3. The Kier molecular flexibility index (Phi) is 8.89. The van der Waals surface area contributed by atoms with Crippen molar-refractivity contribution in [3.63, 3.8) is 0 Å². The number of nitrogens with one attached hydrogen (secondary N) is 2. The van der Waals surface area contributed by atoms with E-state index in [2.05, 4.69) is 36.3 Å². The molecule has 1 atom stereocenters. The lowest BCUT2D eigenvalue weighted by Crippen LogP contribution is -2.43. The van der Waals surface area contributed by atoms with E-state index in [0.717, 1.165) is 42.2 Å². The third-order valence-corrected chi connectivity index (χ3v) is 8.49. The topological polar surface area (TPSA) is 80.4 Å². The number of aromatic nitrogens is 1. The maximum Gasteiger partial charge on any atom is 0.339 e. The Hall–Kier alpha value is -4.68. The molecule has 0 amide bonds. The van der Waals surface area contributed by atoms with Crippen LogP contribution in [0.2, 0.25) is 0 Å². The minimum Gasteiger partial charge on any atom is -0.487 e. The summed E-state index contributed by atoms with van der Waals surface area (Å²) in [7, 11) is 0. The number of esters is 1. The van der Waals surface area contributed by atoms with Crippen LogP contribution in [0.3, 0.4) is 0 Å². The van der Waals surface area contributed by atoms with Gasteiger partial charge in [-0.2, -0.15) is 0 Å². The van der Waals surface area contributed by atoms with Crippen LogP contribution in [-0.2, 0) is 43.4 Å². The molecule has 1 heterocycles. The van der Waals surface area contributed by atoms with Crippen LogP contribution in [0.25, 0.3) is 10.9 Å². The van der Waals surface area contributed by atoms with Crippen molar-refractivity contribution < 1.29 is 14.3 Å². The quantitative estimate of drug-likeness (QED) is 0.133. The highest BCUT2D eigenvalue weighted by molar-refractivity contribution is 5.90. The molecule has 5 aromatic rings. The normalized spacial score (nSPS) is 13.5. The first kappa shape index (κ1) is 29.4. The average Bonchev–Trinajstić information content (AvgIpc) is 3.45. The molecule has 1 aromatic heterocycles. The van der Waals surface area contributed by atoms with Gasteiger partial charge in [0.05, 0.1) is 11.1 Å². The van der Waals surface area contributed by atoms with E-state index in [-0.39, 0.29) is 17.6 Å². The second-order valence-corrected chi connectivity index (χ2v) is 11.4. The lowest BCUT2D eigenvalue weighted by molar-refractivity contribution is 0.0186. The fraction of sp³-hybridized carbons (Fsp3) is 0.263. The Bertz CT molecular complexity index is 1780. The molecule has 0 saturated heterocycles. The summed E-state index contributed by atoms with van der Waals surface area (Å²) >= 11 is 0. The molecular formula is C38H38N2O4. The molecule has 2 N–H and O–H groups in total. The predicted octanol–water partition coefficient (Wildman–Crippen LogP) is 6.71. The second kappa shape index (κ2) is 13.3. The summed E-state index contributed by atoms with van der Waals surface area (Å²) in [4.78, 5) is 28.6. The van der Waals surface area contributed by atoms with E-state index in [0.29, 0.717) is 29.9 Å². The highest BCUT2D eigenvalue weighted by Gasteiger charge is 2.27. The Balaban J connectivity index is 1.27. The van der Waals surface area contributed by atoms with Gasteiger partial charge in [-0.15, -0.1) is 0 Å². The summed E-state index contributed by atoms with van der Waals surface area (Å²) in [6.45, 7) is 4.80. The van der Waals surface area contributed by atoms with Gasteiger partial charge in [0.1, 0.15) is 12.4 Å². The minimum absolute atomic E-state index is 0.134. The van der Waals surface area contributed by atoms with Crippen molar-refractivity contribution in [1.82, 2.24) is 10.3 Å². The van der Waals surface area contributed by atoms with E-state index in [9.17, 15) is 9.59 Å². The fourth-order valence-electron chi connectivity index (χ4n) is 6.24. The first-order valence-corrected chi connectivity index (χ1v) is 15.5. The van der Waals surface area contributed by atoms with Gasteiger partial charge in [-0.3, -0.25) is 10.1 Å². The molecule has 0 bridgehead atoms. The highest BCUT2D eigenvalue weighted by Crippen LogP contribution is 2.30. The molecule has 1 aliphatic carbocycles. The summed E-state index contributed by atoms with van der Waals surface area (Å²) in [6.07, 6.45) is 3.65. The minimum atomic E-state index is -0.579. The maximum absolute atomic E-state index is 13.3. The molecular weight excluding hydrogens is 548 g/mol. The van der Waals surface area contributed by atoms with Gasteiger partial charge in [-0.1, -0.05) is 80.6 Å². The number of ether oxygens (including phenoxy) is 2. The summed E-state index contributed by atoms with van der Waals surface area (Å²) < 4.78 is 12.3. The van der Waals surface area contributed by atoms with Crippen LogP contribution in [-0.4, -0.2) is 23.2 Å². The predicted molar refractivity (Wildman–Crippen MR) is 174 cm³/mol. The van der Waals surface area contributed by atoms with Crippen molar-refractivity contribution in [2.75, 3.05) is 0 Å². The molecule has 44 heavy (non-hydrogen) atoms. The summed E-state index contributed by atoms with van der Waals surface area (Å²) in [5.41, 5.74) is 8.47. The Morgan fingerprint density at radius 1 is 0.841 bits per heavy atom. The number of hydrogen-bond donors (Lipinski definition) is 2. The van der Waals surface area contributed by atoms with Gasteiger partial charge in [-0.25, -0.2) is 4.79 Å². The Morgan fingerprint density at radius 3 is 2.16 bits per heavy atom. The summed E-state index contributed by atoms with van der Waals surface area (Å²) in [5.74, 6) is 0.224. The van der Waals surface area contributed by atoms with Crippen LogP contribution in [0.1, 0.15) is 57.6 Å². The molecule has 0 saturated carbocycles. The zero-order valence-electron chi connectivity index (χ0n) is 25.3. The fourth-order valence-corrected chi connectivity index (χ4v) is 6.24. The smallest absolute Gasteiger partial charge is 0.339 e. The Morgan fingerprint density at radius 2 is 1.50 bits per heavy atom. The van der Waals surface area contributed by atoms with E-state index in [1.807, 2.05) is 66.7 Å². The van der Waals surface area contributed by atoms with Crippen molar-refractivity contribution in [1.29, 1.82) is 0 Å². The van der Waals surface area contributed by atoms with Gasteiger partial charge in [0, 0.05) is 23.9 Å². The first-order valence-electron chi connectivity index (χ1n) is 15.5. The van der Waals surface area contributed by atoms with Crippen molar-refractivity contribution in [3.05, 3.63) is 146 Å². The van der Waals surface area contributed by atoms with E-state index >= 15 is 0 Å². The SMILES string of the molecule is CCc1cc2c(cc1CC)CC(N[C@@H](Cc1ccc(OCc3ccccc3)c3[nH]c(=O)ccc13)OC(=O)c1ccccc1)C2. The number of hydrogen-bond acceptors (Lipinski definition) is 5. The van der Waals surface area contributed by atoms with Gasteiger partial charge in [0.25, 0.3) is 0 Å². The first-order chi connectivity index (χ1) is 21.5. The highest BCUT2D eigenvalue weighted by atomic mass is 16.6. The lowest BCUT2D eigenvalue weighted by atomic mass is 9.97. The molecule has 1 aliphatic rings. The average molecular weight is 587 g/mol. The molecule has 224 valence electrons. The number of pyridine rings is 1. The summed E-state index contributed by atoms with van der Waals surface area (Å²) in [6, 6.07) is 31.1. The number of H-pyrrole nitrogens is 1. The standard InChI is InChI=1S/C38H38N2O4/c1-3-26-19-30-21-32(22-31(30)20-27(26)4-2)39-36(44-38(42)28-13-9-6-10-14-28)23-29-15-17-34(37-33(29)16-18-35(41)40-37)43-24-25-11-7-5-8-12-25/h5-20,32,36,39H,3-4,21-24H2,1-2H3,(H,40,41)/t36-/m1/s1. The number of aromatic amines is 1. The van der Waals surface area contributed by atoms with Gasteiger partial charge in [0.2, 0.25) is 5.56 Å². The van der Waals surface area contributed by atoms with Crippen LogP contribution in [0.5, 0.6) is 5.75 Å². The second-order valence-electron chi connectivity index (χ2n) is 11.4. The monoisotopic (exact) mass is 586 g/mol. The van der Waals surface area contributed by atoms with E-state index in [1.54, 1.807) is 12.1 Å². The number of benzene rings is 4. The molecule has 4 aromatic carbocycles. The molecule has 6 rings (SSSR count). The van der Waals surface area contributed by atoms with Gasteiger partial charge in [0.15, 0.2) is 6.23 Å². The third kappa shape index (κ3) is 6.61. The molecule has 6 heteroatoms.